The molecule has 0 radical (unpaired) electrons. The first-order chi connectivity index (χ1) is 16.3. The Bertz CT molecular complexity index is 964. The molecule has 6 rings (SSSR count). The van der Waals surface area contributed by atoms with E-state index in [4.69, 9.17) is 15.0 Å². The lowest BCUT2D eigenvalue weighted by Crippen LogP contribution is -2.65. The summed E-state index contributed by atoms with van der Waals surface area (Å²) in [5.41, 5.74) is 4.78. The first kappa shape index (κ1) is 25.9. The normalized spacial score (nSPS) is 41.0. The van der Waals surface area contributed by atoms with Gasteiger partial charge in [0.2, 0.25) is 0 Å². The molecule has 35 heavy (non-hydrogen) atoms. The number of nitrogens with two attached hydrogens (primary N) is 1. The largest absolute Gasteiger partial charge is 0.480 e. The number of hydrogen-bond acceptors (Lipinski definition) is 7. The molecule has 1 unspecified atom stereocenters. The zero-order valence-electron chi connectivity index (χ0n) is 21.4. The van der Waals surface area contributed by atoms with Gasteiger partial charge in [0.25, 0.3) is 10.2 Å². The number of likely N-dealkylation sites (N-methyl/N-ethyl adjacent to an activating group) is 1. The summed E-state index contributed by atoms with van der Waals surface area (Å²) in [7, 11) is -4.10. The smallest absolute Gasteiger partial charge is 0.457 e. The molecule has 3 aliphatic carbocycles. The Morgan fingerprint density at radius 3 is 2.57 bits per heavy atom. The van der Waals surface area contributed by atoms with E-state index in [9.17, 15) is 18.3 Å². The molecule has 0 aromatic heterocycles. The third-order valence-electron chi connectivity index (χ3n) is 10.1. The monoisotopic (exact) mass is 512 g/mol. The average Bonchev–Trinajstić information content (AvgIpc) is 3.27. The van der Waals surface area contributed by atoms with Crippen LogP contribution in [0.2, 0.25) is 6.32 Å². The van der Waals surface area contributed by atoms with Gasteiger partial charge in [0.15, 0.2) is 0 Å². The second-order valence-electron chi connectivity index (χ2n) is 12.2. The molecule has 0 spiro atoms. The van der Waals surface area contributed by atoms with E-state index in [1.165, 1.54) is 15.0 Å². The van der Waals surface area contributed by atoms with Crippen LogP contribution in [0.15, 0.2) is 0 Å². The van der Waals surface area contributed by atoms with Crippen LogP contribution in [0.25, 0.3) is 0 Å². The number of nitrogens with zero attached hydrogens (tertiary/aromatic N) is 2. The van der Waals surface area contributed by atoms with Gasteiger partial charge in [-0.2, -0.15) is 17.0 Å². The lowest BCUT2D eigenvalue weighted by Gasteiger charge is -2.64. The number of hydrogen-bond donors (Lipinski definition) is 3. The van der Waals surface area contributed by atoms with Crippen LogP contribution >= 0.6 is 0 Å². The molecule has 3 saturated heterocycles. The predicted octanol–water partition coefficient (Wildman–Crippen LogP) is 0.747. The molecule has 3 saturated carbocycles. The minimum atomic E-state index is -3.79. The Balaban J connectivity index is 1.21. The third kappa shape index (κ3) is 3.90. The Kier molecular flexibility index (Phi) is 6.39. The fourth-order valence-electron chi connectivity index (χ4n) is 7.50. The van der Waals surface area contributed by atoms with Gasteiger partial charge in [0, 0.05) is 38.6 Å². The highest BCUT2D eigenvalue weighted by atomic mass is 32.2. The predicted molar refractivity (Wildman–Crippen MR) is 132 cm³/mol. The number of aliphatic carboxylic acids is 1. The van der Waals surface area contributed by atoms with Gasteiger partial charge in [-0.15, -0.1) is 0 Å². The van der Waals surface area contributed by atoms with Gasteiger partial charge in [0.05, 0.1) is 17.7 Å². The summed E-state index contributed by atoms with van der Waals surface area (Å²) in [5, 5.41) is 13.0. The Morgan fingerprint density at radius 1 is 1.29 bits per heavy atom. The maximum atomic E-state index is 13.3. The highest BCUT2D eigenvalue weighted by Crippen LogP contribution is 2.65. The first-order valence-electron chi connectivity index (χ1n) is 13.2. The molecule has 4 N–H and O–H groups in total. The van der Waals surface area contributed by atoms with Gasteiger partial charge in [-0.3, -0.25) is 4.79 Å². The van der Waals surface area contributed by atoms with Gasteiger partial charge in [-0.05, 0) is 49.8 Å². The molecule has 6 aliphatic rings. The summed E-state index contributed by atoms with van der Waals surface area (Å²) in [6.07, 6.45) is 4.17. The summed E-state index contributed by atoms with van der Waals surface area (Å²) in [4.78, 5) is 12.2. The van der Waals surface area contributed by atoms with Crippen LogP contribution in [0.5, 0.6) is 0 Å². The Morgan fingerprint density at radius 2 is 2.00 bits per heavy atom. The molecule has 6 atom stereocenters. The van der Waals surface area contributed by atoms with Crippen LogP contribution in [-0.4, -0.2) is 91.2 Å². The fourth-order valence-corrected chi connectivity index (χ4v) is 9.40. The van der Waals surface area contributed by atoms with Crippen molar-refractivity contribution in [3.8, 4) is 0 Å². The molecule has 12 heteroatoms. The van der Waals surface area contributed by atoms with Gasteiger partial charge in [-0.1, -0.05) is 27.2 Å². The van der Waals surface area contributed by atoms with Crippen molar-refractivity contribution < 1.29 is 27.6 Å². The lowest BCUT2D eigenvalue weighted by atomic mass is 9.43. The van der Waals surface area contributed by atoms with E-state index in [-0.39, 0.29) is 43.4 Å². The maximum Gasteiger partial charge on any atom is 0.457 e. The Labute approximate surface area is 209 Å². The van der Waals surface area contributed by atoms with Crippen LogP contribution in [0.3, 0.4) is 0 Å². The molecule has 0 aromatic rings. The van der Waals surface area contributed by atoms with Crippen molar-refractivity contribution in [3.05, 3.63) is 0 Å². The number of nitrogens with one attached hydrogen (secondary N) is 1. The highest BCUT2D eigenvalue weighted by molar-refractivity contribution is 7.86. The number of rotatable bonds is 9. The van der Waals surface area contributed by atoms with Crippen LogP contribution < -0.4 is 11.1 Å². The molecule has 0 amide bonds. The number of carboxylic acid groups (broad SMARTS) is 1. The summed E-state index contributed by atoms with van der Waals surface area (Å²) in [6.45, 7) is 10.1. The summed E-state index contributed by atoms with van der Waals surface area (Å²) in [5.74, 6) is -0.443. The number of carbonyl (C=O) groups is 1. The molecule has 6 fully saturated rings. The lowest BCUT2D eigenvalue weighted by molar-refractivity contribution is -0.199. The molecule has 10 nitrogen and oxygen atoms in total. The van der Waals surface area contributed by atoms with Crippen molar-refractivity contribution in [1.29, 1.82) is 0 Å². The molecular weight excluding hydrogens is 471 g/mol. The van der Waals surface area contributed by atoms with Crippen molar-refractivity contribution >= 4 is 23.3 Å². The first-order valence-corrected chi connectivity index (χ1v) is 14.6. The average molecular weight is 512 g/mol. The van der Waals surface area contributed by atoms with E-state index in [1.54, 1.807) is 6.92 Å². The zero-order valence-corrected chi connectivity index (χ0v) is 22.2. The van der Waals surface area contributed by atoms with Gasteiger partial charge in [-0.25, -0.2) is 0 Å². The number of carboxylic acids is 1. The van der Waals surface area contributed by atoms with Crippen molar-refractivity contribution in [3.63, 3.8) is 0 Å². The summed E-state index contributed by atoms with van der Waals surface area (Å²) >= 11 is 0. The van der Waals surface area contributed by atoms with E-state index < -0.39 is 27.6 Å². The molecule has 3 aliphatic heterocycles. The highest BCUT2D eigenvalue weighted by Gasteiger charge is 2.67. The fraction of sp³-hybridized carbons (Fsp3) is 0.957. The van der Waals surface area contributed by atoms with E-state index in [0.29, 0.717) is 50.6 Å². The van der Waals surface area contributed by atoms with Crippen LogP contribution in [0.4, 0.5) is 0 Å². The third-order valence-corrected chi connectivity index (χ3v) is 12.2. The molecular formula is C23H41BN4O6S. The van der Waals surface area contributed by atoms with Gasteiger partial charge >= 0.3 is 13.1 Å². The second kappa shape index (κ2) is 8.64. The quantitative estimate of drug-likeness (QED) is 0.386. The summed E-state index contributed by atoms with van der Waals surface area (Å²) < 4.78 is 42.2. The van der Waals surface area contributed by atoms with E-state index in [1.807, 2.05) is 0 Å². The van der Waals surface area contributed by atoms with Crippen LogP contribution in [0.1, 0.15) is 53.4 Å². The SMILES string of the molecule is CCN(C1CNC1)S(=O)(=O)N1C[C@H](CCCB2O[C@H]3CC4C[C@H](C4(C)C)[C@@]3(C)O2)[C@](N)(C(=O)O)C1. The van der Waals surface area contributed by atoms with E-state index >= 15 is 0 Å². The minimum Gasteiger partial charge on any atom is -0.480 e. The van der Waals surface area contributed by atoms with Crippen LogP contribution in [-0.2, 0) is 24.3 Å². The molecule has 0 aromatic carbocycles. The zero-order chi connectivity index (χ0) is 25.4. The molecule has 3 heterocycles. The molecule has 2 bridgehead atoms. The minimum absolute atomic E-state index is 0.0985. The van der Waals surface area contributed by atoms with Crippen molar-refractivity contribution in [1.82, 2.24) is 13.9 Å². The van der Waals surface area contributed by atoms with Crippen molar-refractivity contribution in [2.45, 2.75) is 83.0 Å². The van der Waals surface area contributed by atoms with E-state index in [2.05, 4.69) is 26.1 Å². The standard InChI is InChI=1S/C23H41BN4O6S/c1-5-28(17-11-26-12-17)35(31,32)27-13-15(23(25,14-27)20(29)30)7-6-8-24-33-19-10-16-9-18(21(16,2)3)22(19,4)34-24/h15-19,26H,5-14,25H2,1-4H3,(H,29,30)/t15-,16?,18+,19-,22+,23-/m0/s1. The molecule has 198 valence electrons. The van der Waals surface area contributed by atoms with Gasteiger partial charge < -0.3 is 25.5 Å². The summed E-state index contributed by atoms with van der Waals surface area (Å²) in [6, 6.07) is -0.0985. The maximum absolute atomic E-state index is 13.3. The topological polar surface area (TPSA) is 134 Å². The van der Waals surface area contributed by atoms with Crippen molar-refractivity contribution in [2.75, 3.05) is 32.7 Å². The second-order valence-corrected chi connectivity index (χ2v) is 14.1. The van der Waals surface area contributed by atoms with E-state index in [0.717, 1.165) is 6.42 Å². The Hall–Kier alpha value is -0.755. The van der Waals surface area contributed by atoms with Crippen LogP contribution in [0, 0.1) is 23.2 Å². The van der Waals surface area contributed by atoms with Crippen molar-refractivity contribution in [2.24, 2.45) is 28.9 Å². The van der Waals surface area contributed by atoms with Gasteiger partial charge in [0.1, 0.15) is 5.54 Å².